The summed E-state index contributed by atoms with van der Waals surface area (Å²) in [6.07, 6.45) is 0.970. The van der Waals surface area contributed by atoms with Gasteiger partial charge in [0.05, 0.1) is 0 Å². The molecule has 0 aliphatic heterocycles. The van der Waals surface area contributed by atoms with Crippen molar-refractivity contribution in [3.63, 3.8) is 0 Å². The number of carbonyl (C=O) groups is 1. The summed E-state index contributed by atoms with van der Waals surface area (Å²) in [6, 6.07) is 10.4. The molecular weight excluding hydrogens is 214 g/mol. The zero-order valence-corrected chi connectivity index (χ0v) is 10.6. The van der Waals surface area contributed by atoms with Gasteiger partial charge in [-0.1, -0.05) is 37.3 Å². The molecule has 1 N–H and O–H groups in total. The van der Waals surface area contributed by atoms with Crippen molar-refractivity contribution in [1.82, 2.24) is 4.90 Å². The van der Waals surface area contributed by atoms with Crippen LogP contribution in [0, 0.1) is 0 Å². The fourth-order valence-corrected chi connectivity index (χ4v) is 1.95. The van der Waals surface area contributed by atoms with Crippen LogP contribution in [0.15, 0.2) is 30.3 Å². The van der Waals surface area contributed by atoms with Gasteiger partial charge in [0.25, 0.3) is 0 Å². The fourth-order valence-electron chi connectivity index (χ4n) is 1.95. The Morgan fingerprint density at radius 1 is 1.35 bits per heavy atom. The highest BCUT2D eigenvalue weighted by Crippen LogP contribution is 2.15. The number of carboxylic acid groups (broad SMARTS) is 1. The maximum Gasteiger partial charge on any atom is 0.303 e. The van der Waals surface area contributed by atoms with Crippen LogP contribution in [0.4, 0.5) is 0 Å². The molecule has 94 valence electrons. The maximum absolute atomic E-state index is 10.4. The van der Waals surface area contributed by atoms with Gasteiger partial charge in [-0.05, 0) is 31.5 Å². The normalized spacial score (nSPS) is 12.6. The second-order valence-corrected chi connectivity index (χ2v) is 4.57. The minimum atomic E-state index is -0.713. The number of nitrogens with zero attached hydrogens (tertiary/aromatic N) is 1. The van der Waals surface area contributed by atoms with Gasteiger partial charge in [-0.3, -0.25) is 4.79 Å². The number of aliphatic carboxylic acids is 1. The van der Waals surface area contributed by atoms with E-state index in [-0.39, 0.29) is 6.42 Å². The molecule has 0 aliphatic rings. The summed E-state index contributed by atoms with van der Waals surface area (Å²) in [6.45, 7) is 4.00. The molecule has 1 rings (SSSR count). The van der Waals surface area contributed by atoms with E-state index in [4.69, 9.17) is 5.11 Å². The molecule has 0 saturated heterocycles. The first-order chi connectivity index (χ1) is 8.09. The van der Waals surface area contributed by atoms with E-state index in [1.807, 2.05) is 13.1 Å². The van der Waals surface area contributed by atoms with Crippen LogP contribution in [0.2, 0.25) is 0 Å². The third-order valence-electron chi connectivity index (χ3n) is 2.88. The molecule has 1 aromatic carbocycles. The van der Waals surface area contributed by atoms with Crippen LogP contribution in [0.25, 0.3) is 0 Å². The van der Waals surface area contributed by atoms with Crippen LogP contribution < -0.4 is 0 Å². The van der Waals surface area contributed by atoms with Crippen LogP contribution in [-0.4, -0.2) is 36.1 Å². The lowest BCUT2D eigenvalue weighted by Crippen LogP contribution is -2.25. The first-order valence-electron chi connectivity index (χ1n) is 6.05. The number of carboxylic acids is 1. The highest BCUT2D eigenvalue weighted by atomic mass is 16.4. The van der Waals surface area contributed by atoms with Crippen LogP contribution in [0.3, 0.4) is 0 Å². The average molecular weight is 235 g/mol. The summed E-state index contributed by atoms with van der Waals surface area (Å²) in [5.74, 6) is -0.236. The molecule has 0 bridgehead atoms. The minimum Gasteiger partial charge on any atom is -0.481 e. The van der Waals surface area contributed by atoms with Gasteiger partial charge in [-0.25, -0.2) is 0 Å². The van der Waals surface area contributed by atoms with Gasteiger partial charge in [-0.15, -0.1) is 0 Å². The number of benzene rings is 1. The molecule has 1 atom stereocenters. The van der Waals surface area contributed by atoms with Crippen molar-refractivity contribution in [2.75, 3.05) is 20.1 Å². The van der Waals surface area contributed by atoms with Crippen LogP contribution >= 0.6 is 0 Å². The maximum atomic E-state index is 10.4. The lowest BCUT2D eigenvalue weighted by molar-refractivity contribution is -0.137. The SMILES string of the molecule is CC(CN(C)CCCC(=O)O)c1ccccc1. The lowest BCUT2D eigenvalue weighted by atomic mass is 10.0. The standard InChI is InChI=1S/C14H21NO2/c1-12(13-7-4-3-5-8-13)11-15(2)10-6-9-14(16)17/h3-5,7-8,12H,6,9-11H2,1-2H3,(H,16,17). The zero-order chi connectivity index (χ0) is 12.7. The molecule has 1 aromatic rings. The van der Waals surface area contributed by atoms with Gasteiger partial charge in [0, 0.05) is 13.0 Å². The van der Waals surface area contributed by atoms with Crippen LogP contribution in [0.1, 0.15) is 31.2 Å². The summed E-state index contributed by atoms with van der Waals surface area (Å²) in [5, 5.41) is 8.57. The van der Waals surface area contributed by atoms with Gasteiger partial charge < -0.3 is 10.0 Å². The Morgan fingerprint density at radius 2 is 2.00 bits per heavy atom. The molecule has 0 aliphatic carbocycles. The number of hydrogen-bond donors (Lipinski definition) is 1. The predicted octanol–water partition coefficient (Wildman–Crippen LogP) is 2.59. The summed E-state index contributed by atoms with van der Waals surface area (Å²) in [7, 11) is 2.04. The van der Waals surface area contributed by atoms with Crippen molar-refractivity contribution < 1.29 is 9.90 Å². The second-order valence-electron chi connectivity index (χ2n) is 4.57. The average Bonchev–Trinajstić information content (AvgIpc) is 2.29. The molecule has 0 heterocycles. The summed E-state index contributed by atoms with van der Waals surface area (Å²) in [5.41, 5.74) is 1.33. The quantitative estimate of drug-likeness (QED) is 0.789. The van der Waals surface area contributed by atoms with Crippen molar-refractivity contribution in [3.05, 3.63) is 35.9 Å². The Bertz CT molecular complexity index is 337. The molecule has 0 aromatic heterocycles. The zero-order valence-electron chi connectivity index (χ0n) is 10.6. The molecule has 0 spiro atoms. The number of rotatable bonds is 7. The first-order valence-corrected chi connectivity index (χ1v) is 6.05. The molecule has 3 heteroatoms. The Kier molecular flexibility index (Phi) is 5.70. The fraction of sp³-hybridized carbons (Fsp3) is 0.500. The first kappa shape index (κ1) is 13.7. The monoisotopic (exact) mass is 235 g/mol. The number of hydrogen-bond acceptors (Lipinski definition) is 2. The third kappa shape index (κ3) is 5.50. The molecule has 0 saturated carbocycles. The van der Waals surface area contributed by atoms with E-state index in [0.717, 1.165) is 13.1 Å². The molecule has 0 radical (unpaired) electrons. The van der Waals surface area contributed by atoms with Crippen molar-refractivity contribution in [2.24, 2.45) is 0 Å². The highest BCUT2D eigenvalue weighted by molar-refractivity contribution is 5.66. The summed E-state index contributed by atoms with van der Waals surface area (Å²) >= 11 is 0. The Labute approximate surface area is 103 Å². The van der Waals surface area contributed by atoms with E-state index in [0.29, 0.717) is 12.3 Å². The molecule has 1 unspecified atom stereocenters. The second kappa shape index (κ2) is 7.07. The van der Waals surface area contributed by atoms with Gasteiger partial charge in [-0.2, -0.15) is 0 Å². The molecule has 17 heavy (non-hydrogen) atoms. The molecule has 0 fully saturated rings. The topological polar surface area (TPSA) is 40.5 Å². The minimum absolute atomic E-state index is 0.254. The summed E-state index contributed by atoms with van der Waals surface area (Å²) < 4.78 is 0. The molecular formula is C14H21NO2. The van der Waals surface area contributed by atoms with E-state index >= 15 is 0 Å². The van der Waals surface area contributed by atoms with Crippen molar-refractivity contribution in [2.45, 2.75) is 25.7 Å². The number of likely N-dealkylation sites (N-methyl/N-ethyl adjacent to an activating group) is 1. The van der Waals surface area contributed by atoms with E-state index in [1.54, 1.807) is 0 Å². The third-order valence-corrected chi connectivity index (χ3v) is 2.88. The van der Waals surface area contributed by atoms with Crippen molar-refractivity contribution >= 4 is 5.97 Å². The lowest BCUT2D eigenvalue weighted by Gasteiger charge is -2.21. The smallest absolute Gasteiger partial charge is 0.303 e. The predicted molar refractivity (Wildman–Crippen MR) is 69.2 cm³/mol. The van der Waals surface area contributed by atoms with E-state index in [2.05, 4.69) is 36.1 Å². The van der Waals surface area contributed by atoms with E-state index < -0.39 is 5.97 Å². The van der Waals surface area contributed by atoms with Crippen LogP contribution in [-0.2, 0) is 4.79 Å². The van der Waals surface area contributed by atoms with Gasteiger partial charge >= 0.3 is 5.97 Å². The molecule has 3 nitrogen and oxygen atoms in total. The Hall–Kier alpha value is -1.35. The van der Waals surface area contributed by atoms with Crippen molar-refractivity contribution in [3.8, 4) is 0 Å². The Balaban J connectivity index is 2.31. The highest BCUT2D eigenvalue weighted by Gasteiger charge is 2.08. The van der Waals surface area contributed by atoms with Crippen molar-refractivity contribution in [1.29, 1.82) is 0 Å². The Morgan fingerprint density at radius 3 is 2.59 bits per heavy atom. The van der Waals surface area contributed by atoms with Gasteiger partial charge in [0.1, 0.15) is 0 Å². The van der Waals surface area contributed by atoms with Gasteiger partial charge in [0.2, 0.25) is 0 Å². The van der Waals surface area contributed by atoms with Gasteiger partial charge in [0.15, 0.2) is 0 Å². The largest absolute Gasteiger partial charge is 0.481 e. The van der Waals surface area contributed by atoms with E-state index in [9.17, 15) is 4.79 Å². The molecule has 0 amide bonds. The summed E-state index contributed by atoms with van der Waals surface area (Å²) in [4.78, 5) is 12.6. The van der Waals surface area contributed by atoms with Crippen LogP contribution in [0.5, 0.6) is 0 Å². The van der Waals surface area contributed by atoms with E-state index in [1.165, 1.54) is 5.56 Å².